The molecule has 0 N–H and O–H groups in total. The van der Waals surface area contributed by atoms with E-state index < -0.39 is 9.84 Å². The Balaban J connectivity index is 2.37. The SMILES string of the molecule is CC(C)CS(=O)(=O)CC(=O)CC1CCN(C)CC1. The van der Waals surface area contributed by atoms with Crippen LogP contribution in [-0.2, 0) is 14.6 Å². The molecule has 5 heteroatoms. The number of carbonyl (C=O) groups is 1. The Kier molecular flexibility index (Phi) is 5.79. The van der Waals surface area contributed by atoms with Gasteiger partial charge in [0.2, 0.25) is 0 Å². The van der Waals surface area contributed by atoms with Gasteiger partial charge in [-0.15, -0.1) is 0 Å². The maximum atomic E-state index is 11.8. The van der Waals surface area contributed by atoms with Gasteiger partial charge in [-0.1, -0.05) is 13.8 Å². The third kappa shape index (κ3) is 5.96. The lowest BCUT2D eigenvalue weighted by atomic mass is 9.92. The molecule has 0 atom stereocenters. The maximum absolute atomic E-state index is 11.8. The highest BCUT2D eigenvalue weighted by Crippen LogP contribution is 2.20. The van der Waals surface area contributed by atoms with Gasteiger partial charge < -0.3 is 4.90 Å². The first-order valence-corrected chi connectivity index (χ1v) is 8.51. The summed E-state index contributed by atoms with van der Waals surface area (Å²) >= 11 is 0. The Morgan fingerprint density at radius 3 is 2.33 bits per heavy atom. The number of ketones is 1. The summed E-state index contributed by atoms with van der Waals surface area (Å²) in [6.07, 6.45) is 2.45. The summed E-state index contributed by atoms with van der Waals surface area (Å²) in [6, 6.07) is 0. The third-order valence-corrected chi connectivity index (χ3v) is 5.26. The van der Waals surface area contributed by atoms with E-state index in [2.05, 4.69) is 11.9 Å². The van der Waals surface area contributed by atoms with Gasteiger partial charge in [-0.05, 0) is 44.8 Å². The van der Waals surface area contributed by atoms with E-state index in [1.807, 2.05) is 13.8 Å². The second-order valence-corrected chi connectivity index (χ2v) is 8.05. The number of hydrogen-bond acceptors (Lipinski definition) is 4. The highest BCUT2D eigenvalue weighted by atomic mass is 32.2. The average molecular weight is 275 g/mol. The quantitative estimate of drug-likeness (QED) is 0.734. The van der Waals surface area contributed by atoms with Crippen molar-refractivity contribution in [3.05, 3.63) is 0 Å². The van der Waals surface area contributed by atoms with Crippen molar-refractivity contribution in [2.45, 2.75) is 33.1 Å². The van der Waals surface area contributed by atoms with E-state index in [9.17, 15) is 13.2 Å². The van der Waals surface area contributed by atoms with Crippen LogP contribution in [0.1, 0.15) is 33.1 Å². The molecule has 0 aromatic carbocycles. The predicted molar refractivity (Wildman–Crippen MR) is 73.3 cm³/mol. The van der Waals surface area contributed by atoms with Crippen LogP contribution in [0.2, 0.25) is 0 Å². The Morgan fingerprint density at radius 2 is 1.83 bits per heavy atom. The minimum absolute atomic E-state index is 0.0890. The van der Waals surface area contributed by atoms with E-state index in [1.54, 1.807) is 0 Å². The number of rotatable bonds is 6. The zero-order valence-corrected chi connectivity index (χ0v) is 12.5. The zero-order valence-electron chi connectivity index (χ0n) is 11.7. The van der Waals surface area contributed by atoms with Gasteiger partial charge in [-0.2, -0.15) is 0 Å². The van der Waals surface area contributed by atoms with Crippen LogP contribution in [0.25, 0.3) is 0 Å². The lowest BCUT2D eigenvalue weighted by molar-refractivity contribution is -0.117. The standard InChI is InChI=1S/C13H25NO3S/c1-11(2)9-18(16,17)10-13(15)8-12-4-6-14(3)7-5-12/h11-12H,4-10H2,1-3H3. The molecule has 18 heavy (non-hydrogen) atoms. The second kappa shape index (κ2) is 6.66. The second-order valence-electron chi connectivity index (χ2n) is 5.94. The van der Waals surface area contributed by atoms with Crippen LogP contribution < -0.4 is 0 Å². The fourth-order valence-corrected chi connectivity index (χ4v) is 4.20. The number of carbonyl (C=O) groups excluding carboxylic acids is 1. The topological polar surface area (TPSA) is 54.5 Å². The molecular formula is C13H25NO3S. The number of piperidine rings is 1. The van der Waals surface area contributed by atoms with E-state index in [1.165, 1.54) is 0 Å². The molecule has 1 aliphatic rings. The Labute approximate surface area is 111 Å². The normalized spacial score (nSPS) is 19.3. The molecule has 0 aliphatic carbocycles. The zero-order chi connectivity index (χ0) is 13.8. The Morgan fingerprint density at radius 1 is 1.28 bits per heavy atom. The first kappa shape index (κ1) is 15.6. The summed E-state index contributed by atoms with van der Waals surface area (Å²) in [5.41, 5.74) is 0. The molecule has 4 nitrogen and oxygen atoms in total. The minimum Gasteiger partial charge on any atom is -0.306 e. The summed E-state index contributed by atoms with van der Waals surface area (Å²) in [7, 11) is -1.13. The first-order chi connectivity index (χ1) is 8.28. The molecule has 0 spiro atoms. The van der Waals surface area contributed by atoms with Crippen LogP contribution >= 0.6 is 0 Å². The molecule has 1 rings (SSSR count). The first-order valence-electron chi connectivity index (χ1n) is 6.69. The van der Waals surface area contributed by atoms with E-state index in [0.29, 0.717) is 12.3 Å². The van der Waals surface area contributed by atoms with Gasteiger partial charge in [0.05, 0.1) is 5.75 Å². The number of Topliss-reactive ketones (excluding diaryl/α,β-unsaturated/α-hetero) is 1. The highest BCUT2D eigenvalue weighted by Gasteiger charge is 2.23. The monoisotopic (exact) mass is 275 g/mol. The highest BCUT2D eigenvalue weighted by molar-refractivity contribution is 7.92. The van der Waals surface area contributed by atoms with Gasteiger partial charge >= 0.3 is 0 Å². The van der Waals surface area contributed by atoms with E-state index in [-0.39, 0.29) is 23.2 Å². The van der Waals surface area contributed by atoms with Gasteiger partial charge in [-0.25, -0.2) is 8.42 Å². The molecule has 0 unspecified atom stereocenters. The van der Waals surface area contributed by atoms with Crippen LogP contribution in [0.3, 0.4) is 0 Å². The van der Waals surface area contributed by atoms with Gasteiger partial charge in [-0.3, -0.25) is 4.79 Å². The molecule has 1 saturated heterocycles. The molecule has 1 aliphatic heterocycles. The largest absolute Gasteiger partial charge is 0.306 e. The molecule has 0 bridgehead atoms. The summed E-state index contributed by atoms with van der Waals surface area (Å²) in [5.74, 6) is 0.211. The van der Waals surface area contributed by atoms with Gasteiger partial charge in [0.25, 0.3) is 0 Å². The third-order valence-electron chi connectivity index (χ3n) is 3.32. The van der Waals surface area contributed by atoms with Crippen molar-refractivity contribution in [1.82, 2.24) is 4.90 Å². The Hall–Kier alpha value is -0.420. The van der Waals surface area contributed by atoms with Crippen LogP contribution in [0.15, 0.2) is 0 Å². The fraction of sp³-hybridized carbons (Fsp3) is 0.923. The lowest BCUT2D eigenvalue weighted by Crippen LogP contribution is -2.32. The molecular weight excluding hydrogens is 250 g/mol. The van der Waals surface area contributed by atoms with Crippen molar-refractivity contribution >= 4 is 15.6 Å². The lowest BCUT2D eigenvalue weighted by Gasteiger charge is -2.28. The summed E-state index contributed by atoms with van der Waals surface area (Å²) < 4.78 is 23.4. The molecule has 0 aromatic rings. The van der Waals surface area contributed by atoms with Crippen molar-refractivity contribution < 1.29 is 13.2 Å². The maximum Gasteiger partial charge on any atom is 0.157 e. The molecule has 0 radical (unpaired) electrons. The summed E-state index contributed by atoms with van der Waals surface area (Å²) in [5, 5.41) is 0. The van der Waals surface area contributed by atoms with Crippen LogP contribution in [0.5, 0.6) is 0 Å². The molecule has 1 fully saturated rings. The van der Waals surface area contributed by atoms with E-state index >= 15 is 0 Å². The van der Waals surface area contributed by atoms with Crippen molar-refractivity contribution in [3.63, 3.8) is 0 Å². The molecule has 0 aromatic heterocycles. The smallest absolute Gasteiger partial charge is 0.157 e. The average Bonchev–Trinajstić information content (AvgIpc) is 2.18. The van der Waals surface area contributed by atoms with E-state index in [0.717, 1.165) is 25.9 Å². The van der Waals surface area contributed by atoms with Gasteiger partial charge in [0.15, 0.2) is 9.84 Å². The van der Waals surface area contributed by atoms with E-state index in [4.69, 9.17) is 0 Å². The van der Waals surface area contributed by atoms with Crippen molar-refractivity contribution in [3.8, 4) is 0 Å². The molecule has 0 saturated carbocycles. The fourth-order valence-electron chi connectivity index (χ4n) is 2.46. The summed E-state index contributed by atoms with van der Waals surface area (Å²) in [6.45, 7) is 5.74. The number of likely N-dealkylation sites (tertiary alicyclic amines) is 1. The molecule has 1 heterocycles. The minimum atomic E-state index is -3.20. The number of sulfone groups is 1. The number of nitrogens with zero attached hydrogens (tertiary/aromatic N) is 1. The van der Waals surface area contributed by atoms with Crippen LogP contribution in [0, 0.1) is 11.8 Å². The van der Waals surface area contributed by atoms with Crippen molar-refractivity contribution in [1.29, 1.82) is 0 Å². The van der Waals surface area contributed by atoms with Gasteiger partial charge in [0, 0.05) is 6.42 Å². The molecule has 106 valence electrons. The predicted octanol–water partition coefficient (Wildman–Crippen LogP) is 1.36. The van der Waals surface area contributed by atoms with Crippen molar-refractivity contribution in [2.75, 3.05) is 31.6 Å². The Bertz CT molecular complexity index is 368. The van der Waals surface area contributed by atoms with Gasteiger partial charge in [0.1, 0.15) is 11.5 Å². The number of hydrogen-bond donors (Lipinski definition) is 0. The van der Waals surface area contributed by atoms with Crippen LogP contribution in [0.4, 0.5) is 0 Å². The van der Waals surface area contributed by atoms with Crippen molar-refractivity contribution in [2.24, 2.45) is 11.8 Å². The molecule has 0 amide bonds. The van der Waals surface area contributed by atoms with Crippen LogP contribution in [-0.4, -0.2) is 50.7 Å². The summed E-state index contributed by atoms with van der Waals surface area (Å²) in [4.78, 5) is 14.0.